The average molecular weight is 184 g/mol. The van der Waals surface area contributed by atoms with Crippen LogP contribution in [0.15, 0.2) is 0 Å². The second kappa shape index (κ2) is 7.78. The fourth-order valence-electron chi connectivity index (χ4n) is 0.497. The minimum atomic E-state index is -0.306. The third kappa shape index (κ3) is 7.58. The summed E-state index contributed by atoms with van der Waals surface area (Å²) in [6, 6.07) is -0.306. The van der Waals surface area contributed by atoms with E-state index in [1.807, 2.05) is 0 Å². The zero-order chi connectivity index (χ0) is 7.98. The highest BCUT2D eigenvalue weighted by Crippen LogP contribution is 1.94. The lowest BCUT2D eigenvalue weighted by molar-refractivity contribution is -0.140. The molecule has 0 saturated heterocycles. The molecule has 0 fully saturated rings. The molecule has 0 bridgehead atoms. The van der Waals surface area contributed by atoms with Crippen LogP contribution in [0.2, 0.25) is 0 Å². The van der Waals surface area contributed by atoms with Gasteiger partial charge in [0.2, 0.25) is 0 Å². The van der Waals surface area contributed by atoms with Crippen molar-refractivity contribution in [2.45, 2.75) is 18.9 Å². The van der Waals surface area contributed by atoms with Gasteiger partial charge in [0.15, 0.2) is 0 Å². The van der Waals surface area contributed by atoms with Gasteiger partial charge in [0.1, 0.15) is 0 Å². The van der Waals surface area contributed by atoms with Gasteiger partial charge in [-0.2, -0.15) is 0 Å². The number of aliphatic hydroxyl groups is 1. The summed E-state index contributed by atoms with van der Waals surface area (Å²) in [6.45, 7) is -0.0863. The maximum absolute atomic E-state index is 10.5. The van der Waals surface area contributed by atoms with Crippen LogP contribution in [0.3, 0.4) is 0 Å². The van der Waals surface area contributed by atoms with Crippen molar-refractivity contribution in [3.05, 3.63) is 0 Å². The molecule has 0 aromatic heterocycles. The van der Waals surface area contributed by atoms with Crippen molar-refractivity contribution in [1.29, 1.82) is 0 Å². The molecular weight excluding hydrogens is 170 g/mol. The predicted octanol–water partition coefficient (Wildman–Crippen LogP) is -0.319. The molecule has 0 heterocycles. The molecule has 0 rings (SSSR count). The first kappa shape index (κ1) is 13.3. The van der Waals surface area contributed by atoms with Gasteiger partial charge >= 0.3 is 5.97 Å². The van der Waals surface area contributed by atoms with Gasteiger partial charge in [-0.1, -0.05) is 0 Å². The van der Waals surface area contributed by atoms with E-state index < -0.39 is 0 Å². The largest absolute Gasteiger partial charge is 0.469 e. The van der Waals surface area contributed by atoms with Gasteiger partial charge in [0.05, 0.1) is 13.7 Å². The summed E-state index contributed by atoms with van der Waals surface area (Å²) < 4.78 is 4.37. The number of halogens is 1. The molecule has 0 amide bonds. The Morgan fingerprint density at radius 3 is 2.64 bits per heavy atom. The van der Waals surface area contributed by atoms with E-state index in [0.29, 0.717) is 6.42 Å². The number of carbonyl (C=O) groups excluding carboxylic acids is 1. The number of esters is 1. The van der Waals surface area contributed by atoms with Gasteiger partial charge in [0, 0.05) is 12.5 Å². The number of hydrogen-bond donors (Lipinski definition) is 2. The normalized spacial score (nSPS) is 11.5. The van der Waals surface area contributed by atoms with E-state index in [0.717, 1.165) is 0 Å². The lowest BCUT2D eigenvalue weighted by atomic mass is 10.2. The Kier molecular flexibility index (Phi) is 9.40. The highest BCUT2D eigenvalue weighted by molar-refractivity contribution is 5.85. The number of hydrogen-bond acceptors (Lipinski definition) is 4. The highest BCUT2D eigenvalue weighted by atomic mass is 35.5. The fraction of sp³-hybridized carbons (Fsp3) is 0.833. The molecule has 0 aromatic rings. The van der Waals surface area contributed by atoms with Crippen molar-refractivity contribution in [2.24, 2.45) is 5.73 Å². The summed E-state index contributed by atoms with van der Waals surface area (Å²) in [4.78, 5) is 10.5. The van der Waals surface area contributed by atoms with Crippen LogP contribution >= 0.6 is 12.4 Å². The van der Waals surface area contributed by atoms with Crippen molar-refractivity contribution in [3.63, 3.8) is 0 Å². The Hall–Kier alpha value is -0.320. The average Bonchev–Trinajstić information content (AvgIpc) is 1.99. The van der Waals surface area contributed by atoms with Crippen molar-refractivity contribution in [2.75, 3.05) is 13.7 Å². The summed E-state index contributed by atoms with van der Waals surface area (Å²) in [6.07, 6.45) is 0.751. The van der Waals surface area contributed by atoms with Crippen LogP contribution in [0.4, 0.5) is 0 Å². The van der Waals surface area contributed by atoms with Gasteiger partial charge in [-0.25, -0.2) is 0 Å². The first-order chi connectivity index (χ1) is 4.70. The summed E-state index contributed by atoms with van der Waals surface area (Å²) in [5.74, 6) is -0.288. The lowest BCUT2D eigenvalue weighted by Crippen LogP contribution is -2.25. The number of carbonyl (C=O) groups is 1. The molecule has 11 heavy (non-hydrogen) atoms. The topological polar surface area (TPSA) is 72.5 Å². The van der Waals surface area contributed by atoms with Crippen LogP contribution in [-0.4, -0.2) is 30.8 Å². The fourth-order valence-corrected chi connectivity index (χ4v) is 0.497. The zero-order valence-corrected chi connectivity index (χ0v) is 7.26. The Morgan fingerprint density at radius 1 is 1.73 bits per heavy atom. The monoisotopic (exact) mass is 183 g/mol. The minimum absolute atomic E-state index is 0. The quantitative estimate of drug-likeness (QED) is 0.586. The van der Waals surface area contributed by atoms with E-state index in [2.05, 4.69) is 4.74 Å². The summed E-state index contributed by atoms with van der Waals surface area (Å²) in [5.41, 5.74) is 5.32. The molecular formula is C6H14ClNO3. The molecule has 0 spiro atoms. The lowest BCUT2D eigenvalue weighted by Gasteiger charge is -2.04. The van der Waals surface area contributed by atoms with E-state index in [4.69, 9.17) is 10.8 Å². The first-order valence-corrected chi connectivity index (χ1v) is 3.14. The molecule has 68 valence electrons. The standard InChI is InChI=1S/C6H13NO3.ClH/c1-10-6(9)3-2-5(7)4-8;/h5,8H,2-4,7H2,1H3;1H/t5-;/m0./s1. The molecule has 1 atom stereocenters. The van der Waals surface area contributed by atoms with Gasteiger partial charge in [-0.05, 0) is 6.42 Å². The summed E-state index contributed by atoms with van der Waals surface area (Å²) in [7, 11) is 1.33. The summed E-state index contributed by atoms with van der Waals surface area (Å²) >= 11 is 0. The van der Waals surface area contributed by atoms with Crippen LogP contribution in [-0.2, 0) is 9.53 Å². The molecule has 4 nitrogen and oxygen atoms in total. The smallest absolute Gasteiger partial charge is 0.305 e. The number of rotatable bonds is 4. The number of methoxy groups -OCH3 is 1. The van der Waals surface area contributed by atoms with Crippen LogP contribution in [0.1, 0.15) is 12.8 Å². The third-order valence-corrected chi connectivity index (χ3v) is 1.18. The van der Waals surface area contributed by atoms with E-state index in [1.165, 1.54) is 7.11 Å². The molecule has 0 aliphatic carbocycles. The maximum atomic E-state index is 10.5. The van der Waals surface area contributed by atoms with Crippen LogP contribution < -0.4 is 5.73 Å². The number of nitrogens with two attached hydrogens (primary N) is 1. The zero-order valence-electron chi connectivity index (χ0n) is 6.45. The molecule has 0 saturated carbocycles. The molecule has 3 N–H and O–H groups in total. The van der Waals surface area contributed by atoms with Crippen molar-refractivity contribution in [3.8, 4) is 0 Å². The van der Waals surface area contributed by atoms with Crippen LogP contribution in [0, 0.1) is 0 Å². The van der Waals surface area contributed by atoms with Gasteiger partial charge < -0.3 is 15.6 Å². The minimum Gasteiger partial charge on any atom is -0.469 e. The van der Waals surface area contributed by atoms with E-state index in [1.54, 1.807) is 0 Å². The number of aliphatic hydroxyl groups excluding tert-OH is 1. The van der Waals surface area contributed by atoms with E-state index >= 15 is 0 Å². The third-order valence-electron chi connectivity index (χ3n) is 1.18. The SMILES string of the molecule is COC(=O)CC[C@H](N)CO.Cl. The molecule has 5 heteroatoms. The predicted molar refractivity (Wildman–Crippen MR) is 43.6 cm³/mol. The number of ether oxygens (including phenoxy) is 1. The Balaban J connectivity index is 0. The second-order valence-corrected chi connectivity index (χ2v) is 2.06. The Bertz CT molecular complexity index is 110. The second-order valence-electron chi connectivity index (χ2n) is 2.06. The van der Waals surface area contributed by atoms with Crippen molar-refractivity contribution in [1.82, 2.24) is 0 Å². The summed E-state index contributed by atoms with van der Waals surface area (Å²) in [5, 5.41) is 8.44. The van der Waals surface area contributed by atoms with Crippen LogP contribution in [0.25, 0.3) is 0 Å². The molecule has 0 radical (unpaired) electrons. The Labute approximate surface area is 72.1 Å². The molecule has 0 aliphatic heterocycles. The van der Waals surface area contributed by atoms with Crippen LogP contribution in [0.5, 0.6) is 0 Å². The molecule has 0 unspecified atom stereocenters. The van der Waals surface area contributed by atoms with E-state index in [9.17, 15) is 4.79 Å². The van der Waals surface area contributed by atoms with Crippen molar-refractivity contribution < 1.29 is 14.6 Å². The Morgan fingerprint density at radius 2 is 2.27 bits per heavy atom. The first-order valence-electron chi connectivity index (χ1n) is 3.14. The maximum Gasteiger partial charge on any atom is 0.305 e. The van der Waals surface area contributed by atoms with Gasteiger partial charge in [0.25, 0.3) is 0 Å². The van der Waals surface area contributed by atoms with Crippen molar-refractivity contribution >= 4 is 18.4 Å². The van der Waals surface area contributed by atoms with E-state index in [-0.39, 0.29) is 37.4 Å². The molecule has 0 aromatic carbocycles. The molecule has 0 aliphatic rings. The van der Waals surface area contributed by atoms with Gasteiger partial charge in [-0.15, -0.1) is 12.4 Å². The van der Waals surface area contributed by atoms with Gasteiger partial charge in [-0.3, -0.25) is 4.79 Å². The highest BCUT2D eigenvalue weighted by Gasteiger charge is 2.04.